The number of aromatic nitrogens is 3. The molecule has 1 unspecified atom stereocenters. The van der Waals surface area contributed by atoms with Gasteiger partial charge in [0.15, 0.2) is 0 Å². The fourth-order valence-electron chi connectivity index (χ4n) is 3.57. The van der Waals surface area contributed by atoms with E-state index in [1.54, 1.807) is 19.3 Å². The molecule has 0 radical (unpaired) electrons. The van der Waals surface area contributed by atoms with Crippen molar-refractivity contribution in [3.8, 4) is 17.1 Å². The number of rotatable bonds is 9. The largest absolute Gasteiger partial charge is 0.494 e. The minimum atomic E-state index is 0.0755. The Morgan fingerprint density at radius 1 is 1.10 bits per heavy atom. The number of carbonyl (C=O) groups is 1. The molecular formula is C23H27N5O3. The van der Waals surface area contributed by atoms with Crippen LogP contribution >= 0.6 is 0 Å². The monoisotopic (exact) mass is 421 g/mol. The highest BCUT2D eigenvalue weighted by Gasteiger charge is 2.29. The van der Waals surface area contributed by atoms with E-state index in [4.69, 9.17) is 9.26 Å². The number of nitrogens with zero attached hydrogens (tertiary/aromatic N) is 5. The van der Waals surface area contributed by atoms with Gasteiger partial charge < -0.3 is 14.2 Å². The zero-order valence-corrected chi connectivity index (χ0v) is 17.9. The second-order valence-corrected chi connectivity index (χ2v) is 7.82. The molecule has 1 saturated heterocycles. The Hall–Kier alpha value is -3.42. The Balaban J connectivity index is 1.18. The number of benzene rings is 1. The van der Waals surface area contributed by atoms with E-state index < -0.39 is 0 Å². The van der Waals surface area contributed by atoms with Crippen molar-refractivity contribution in [2.45, 2.75) is 26.7 Å². The molecule has 1 fully saturated rings. The van der Waals surface area contributed by atoms with Gasteiger partial charge in [-0.25, -0.2) is 4.79 Å². The Labute approximate surface area is 181 Å². The molecule has 0 bridgehead atoms. The smallest absolute Gasteiger partial charge is 0.324 e. The Bertz CT molecular complexity index is 990. The van der Waals surface area contributed by atoms with Crippen LogP contribution in [0.3, 0.4) is 0 Å². The number of anilines is 1. The number of urea groups is 1. The van der Waals surface area contributed by atoms with Crippen molar-refractivity contribution in [3.63, 3.8) is 0 Å². The van der Waals surface area contributed by atoms with E-state index in [1.165, 1.54) is 0 Å². The number of carbonyl (C=O) groups excluding carboxylic acids is 1. The molecule has 2 amide bonds. The van der Waals surface area contributed by atoms with Crippen LogP contribution < -0.4 is 9.64 Å². The van der Waals surface area contributed by atoms with E-state index in [1.807, 2.05) is 46.2 Å². The molecule has 0 saturated carbocycles. The third kappa shape index (κ3) is 5.20. The summed E-state index contributed by atoms with van der Waals surface area (Å²) in [5.74, 6) is 2.41. The normalized spacial score (nSPS) is 14.8. The van der Waals surface area contributed by atoms with E-state index in [0.717, 1.165) is 49.5 Å². The van der Waals surface area contributed by atoms with Crippen molar-refractivity contribution in [3.05, 3.63) is 54.7 Å². The quantitative estimate of drug-likeness (QED) is 0.515. The molecule has 31 heavy (non-hydrogen) atoms. The number of amides is 2. The molecule has 8 nitrogen and oxygen atoms in total. The predicted molar refractivity (Wildman–Crippen MR) is 117 cm³/mol. The minimum absolute atomic E-state index is 0.0755. The van der Waals surface area contributed by atoms with E-state index in [-0.39, 0.29) is 6.03 Å². The second-order valence-electron chi connectivity index (χ2n) is 7.82. The van der Waals surface area contributed by atoms with Crippen LogP contribution in [-0.2, 0) is 0 Å². The lowest BCUT2D eigenvalue weighted by molar-refractivity contribution is 0.214. The van der Waals surface area contributed by atoms with Gasteiger partial charge in [-0.1, -0.05) is 12.1 Å². The predicted octanol–water partition coefficient (Wildman–Crippen LogP) is 4.18. The molecule has 162 valence electrons. The zero-order chi connectivity index (χ0) is 21.6. The van der Waals surface area contributed by atoms with Crippen LogP contribution in [0.15, 0.2) is 53.3 Å². The van der Waals surface area contributed by atoms with E-state index >= 15 is 0 Å². The lowest BCUT2D eigenvalue weighted by Crippen LogP contribution is -2.33. The molecule has 1 aliphatic heterocycles. The summed E-state index contributed by atoms with van der Waals surface area (Å²) >= 11 is 0. The van der Waals surface area contributed by atoms with Gasteiger partial charge in [-0.05, 0) is 55.2 Å². The average Bonchev–Trinajstić information content (AvgIpc) is 3.39. The maximum Gasteiger partial charge on any atom is 0.324 e. The van der Waals surface area contributed by atoms with Gasteiger partial charge in [0.1, 0.15) is 5.75 Å². The highest BCUT2D eigenvalue weighted by atomic mass is 16.5. The molecule has 8 heteroatoms. The molecule has 2 aromatic heterocycles. The second kappa shape index (κ2) is 9.59. The summed E-state index contributed by atoms with van der Waals surface area (Å²) in [4.78, 5) is 24.6. The van der Waals surface area contributed by atoms with Crippen molar-refractivity contribution in [1.29, 1.82) is 0 Å². The highest BCUT2D eigenvalue weighted by Crippen LogP contribution is 2.22. The summed E-state index contributed by atoms with van der Waals surface area (Å²) in [5, 5.41) is 3.92. The van der Waals surface area contributed by atoms with Crippen LogP contribution in [0.1, 0.15) is 25.7 Å². The van der Waals surface area contributed by atoms with Crippen LogP contribution in [0, 0.1) is 12.8 Å². The average molecular weight is 422 g/mol. The van der Waals surface area contributed by atoms with Gasteiger partial charge in [-0.2, -0.15) is 4.98 Å². The van der Waals surface area contributed by atoms with Gasteiger partial charge in [-0.15, -0.1) is 0 Å². The van der Waals surface area contributed by atoms with Crippen molar-refractivity contribution >= 4 is 11.7 Å². The maximum atomic E-state index is 12.6. The van der Waals surface area contributed by atoms with Gasteiger partial charge in [0.05, 0.1) is 6.61 Å². The maximum absolute atomic E-state index is 12.6. The molecule has 3 aromatic rings. The molecule has 4 rings (SSSR count). The van der Waals surface area contributed by atoms with Crippen molar-refractivity contribution < 1.29 is 14.1 Å². The summed E-state index contributed by atoms with van der Waals surface area (Å²) in [6.45, 7) is 6.85. The zero-order valence-electron chi connectivity index (χ0n) is 17.9. The van der Waals surface area contributed by atoms with Gasteiger partial charge >= 0.3 is 6.03 Å². The minimum Gasteiger partial charge on any atom is -0.494 e. The first-order chi connectivity index (χ1) is 15.1. The molecule has 0 aliphatic carbocycles. The third-order valence-electron chi connectivity index (χ3n) is 5.48. The van der Waals surface area contributed by atoms with Crippen LogP contribution in [0.4, 0.5) is 10.5 Å². The molecule has 0 spiro atoms. The number of hydrogen-bond donors (Lipinski definition) is 0. The summed E-state index contributed by atoms with van der Waals surface area (Å²) in [7, 11) is 0. The van der Waals surface area contributed by atoms with Crippen LogP contribution in [0.5, 0.6) is 5.75 Å². The standard InChI is InChI=1S/C23H27N5O3/c1-17(9-13-27-14-15-28(23(27)29)20-7-11-24-12-8-20)10-16-30-21-5-3-19(4-6-21)22-25-18(2)31-26-22/h3-8,11-12,17H,9-10,13-16H2,1-2H3. The number of ether oxygens (including phenoxy) is 1. The van der Waals surface area contributed by atoms with Gasteiger partial charge in [0.25, 0.3) is 0 Å². The van der Waals surface area contributed by atoms with Crippen LogP contribution in [0.2, 0.25) is 0 Å². The van der Waals surface area contributed by atoms with Crippen molar-refractivity contribution in [2.75, 3.05) is 31.1 Å². The summed E-state index contributed by atoms with van der Waals surface area (Å²) in [6, 6.07) is 11.5. The van der Waals surface area contributed by atoms with Crippen molar-refractivity contribution in [1.82, 2.24) is 20.0 Å². The first-order valence-corrected chi connectivity index (χ1v) is 10.6. The van der Waals surface area contributed by atoms with E-state index in [2.05, 4.69) is 22.0 Å². The number of pyridine rings is 1. The molecule has 1 aromatic carbocycles. The van der Waals surface area contributed by atoms with Gasteiger partial charge in [0, 0.05) is 50.2 Å². The summed E-state index contributed by atoms with van der Waals surface area (Å²) < 4.78 is 10.9. The van der Waals surface area contributed by atoms with Crippen LogP contribution in [0.25, 0.3) is 11.4 Å². The first kappa shape index (κ1) is 20.8. The van der Waals surface area contributed by atoms with Crippen molar-refractivity contribution in [2.24, 2.45) is 5.92 Å². The van der Waals surface area contributed by atoms with Gasteiger partial charge in [0.2, 0.25) is 11.7 Å². The Morgan fingerprint density at radius 3 is 2.58 bits per heavy atom. The topological polar surface area (TPSA) is 84.6 Å². The highest BCUT2D eigenvalue weighted by molar-refractivity contribution is 5.93. The lowest BCUT2D eigenvalue weighted by Gasteiger charge is -2.20. The molecule has 1 aliphatic rings. The van der Waals surface area contributed by atoms with E-state index in [9.17, 15) is 4.79 Å². The number of aryl methyl sites for hydroxylation is 1. The fraction of sp³-hybridized carbons (Fsp3) is 0.391. The van der Waals surface area contributed by atoms with Crippen LogP contribution in [-0.4, -0.2) is 52.3 Å². The third-order valence-corrected chi connectivity index (χ3v) is 5.48. The van der Waals surface area contributed by atoms with E-state index in [0.29, 0.717) is 24.2 Å². The lowest BCUT2D eigenvalue weighted by atomic mass is 10.0. The molecule has 3 heterocycles. The molecule has 0 N–H and O–H groups in total. The Morgan fingerprint density at radius 2 is 1.87 bits per heavy atom. The SMILES string of the molecule is Cc1nc(-c2ccc(OCCC(C)CCN3CCN(c4ccncc4)C3=O)cc2)no1. The first-order valence-electron chi connectivity index (χ1n) is 10.6. The fourth-order valence-corrected chi connectivity index (χ4v) is 3.57. The number of hydrogen-bond acceptors (Lipinski definition) is 6. The summed E-state index contributed by atoms with van der Waals surface area (Å²) in [6.07, 6.45) is 5.32. The molecular weight excluding hydrogens is 394 g/mol. The van der Waals surface area contributed by atoms with Gasteiger partial charge in [-0.3, -0.25) is 9.88 Å². The summed E-state index contributed by atoms with van der Waals surface area (Å²) in [5.41, 5.74) is 1.80. The molecule has 1 atom stereocenters. The Kier molecular flexibility index (Phi) is 6.45.